The molecule has 38 heavy (non-hydrogen) atoms. The molecule has 0 spiro atoms. The van der Waals surface area contributed by atoms with Gasteiger partial charge in [0, 0.05) is 16.9 Å². The zero-order valence-electron chi connectivity index (χ0n) is 20.8. The molecule has 2 aromatic carbocycles. The predicted molar refractivity (Wildman–Crippen MR) is 131 cm³/mol. The van der Waals surface area contributed by atoms with Crippen molar-refractivity contribution in [2.75, 3.05) is 0 Å². The first kappa shape index (κ1) is 26.2. The van der Waals surface area contributed by atoms with Gasteiger partial charge in [-0.1, -0.05) is 12.8 Å². The zero-order valence-corrected chi connectivity index (χ0v) is 20.8. The van der Waals surface area contributed by atoms with Gasteiger partial charge in [-0.25, -0.2) is 4.79 Å². The molecule has 0 bridgehead atoms. The smallest absolute Gasteiger partial charge is 0.335 e. The van der Waals surface area contributed by atoms with Crippen molar-refractivity contribution in [3.63, 3.8) is 0 Å². The number of aromatic hydroxyl groups is 2. The molecule has 1 saturated heterocycles. The molecule has 1 saturated carbocycles. The van der Waals surface area contributed by atoms with Crippen molar-refractivity contribution in [1.29, 1.82) is 0 Å². The molecule has 2 aromatic rings. The molecule has 0 aromatic heterocycles. The van der Waals surface area contributed by atoms with Crippen molar-refractivity contribution in [3.8, 4) is 17.2 Å². The summed E-state index contributed by atoms with van der Waals surface area (Å²) in [4.78, 5) is 24.1. The number of phenolic OH excluding ortho intramolecular Hbond substituents is 2. The highest BCUT2D eigenvalue weighted by Gasteiger charge is 2.58. The van der Waals surface area contributed by atoms with Gasteiger partial charge in [-0.2, -0.15) is 0 Å². The monoisotopic (exact) mass is 530 g/mol. The van der Waals surface area contributed by atoms with Crippen LogP contribution < -0.4 is 4.74 Å². The summed E-state index contributed by atoms with van der Waals surface area (Å²) < 4.78 is 17.6. The van der Waals surface area contributed by atoms with Crippen LogP contribution in [0.3, 0.4) is 0 Å². The third kappa shape index (κ3) is 3.97. The highest BCUT2D eigenvalue weighted by molar-refractivity contribution is 6.11. The van der Waals surface area contributed by atoms with Crippen molar-refractivity contribution < 1.29 is 54.4 Å². The Kier molecular flexibility index (Phi) is 6.50. The van der Waals surface area contributed by atoms with Crippen LogP contribution in [0.1, 0.15) is 58.9 Å². The molecule has 0 amide bonds. The molecule has 204 valence electrons. The van der Waals surface area contributed by atoms with Gasteiger partial charge < -0.3 is 44.8 Å². The molecule has 11 heteroatoms. The van der Waals surface area contributed by atoms with Crippen LogP contribution in [0.25, 0.3) is 10.8 Å². The average molecular weight is 531 g/mol. The number of Topliss-reactive ketones (excluding diaryl/α,β-unsaturated/α-hetero) is 1. The molecule has 2 fully saturated rings. The summed E-state index contributed by atoms with van der Waals surface area (Å²) in [6.07, 6.45) is -1.39. The number of carboxylic acid groups (broad SMARTS) is 1. The van der Waals surface area contributed by atoms with Gasteiger partial charge in [0.25, 0.3) is 0 Å². The first-order valence-electron chi connectivity index (χ1n) is 12.4. The number of rotatable bonds is 4. The van der Waals surface area contributed by atoms with E-state index in [0.29, 0.717) is 19.3 Å². The van der Waals surface area contributed by atoms with Crippen LogP contribution in [0, 0.1) is 12.8 Å². The Labute approximate surface area is 217 Å². The van der Waals surface area contributed by atoms with Crippen LogP contribution in [0.5, 0.6) is 17.2 Å². The van der Waals surface area contributed by atoms with Crippen LogP contribution in [0.2, 0.25) is 0 Å². The van der Waals surface area contributed by atoms with Crippen molar-refractivity contribution >= 4 is 22.5 Å². The highest BCUT2D eigenvalue weighted by atomic mass is 16.7. The topological polar surface area (TPSA) is 183 Å². The second-order valence-corrected chi connectivity index (χ2v) is 10.3. The minimum Gasteiger partial charge on any atom is -0.507 e. The van der Waals surface area contributed by atoms with Gasteiger partial charge in [0.2, 0.25) is 6.29 Å². The minimum atomic E-state index is -1.70. The van der Waals surface area contributed by atoms with Crippen LogP contribution in [-0.2, 0) is 9.47 Å². The Bertz CT molecular complexity index is 1330. The van der Waals surface area contributed by atoms with Gasteiger partial charge in [-0.15, -0.1) is 0 Å². The summed E-state index contributed by atoms with van der Waals surface area (Å²) >= 11 is 0. The molecular weight excluding hydrogens is 500 g/mol. The Morgan fingerprint density at radius 2 is 1.84 bits per heavy atom. The zero-order chi connectivity index (χ0) is 27.5. The first-order valence-corrected chi connectivity index (χ1v) is 12.4. The van der Waals surface area contributed by atoms with E-state index in [-0.39, 0.29) is 39.1 Å². The van der Waals surface area contributed by atoms with Gasteiger partial charge in [-0.05, 0) is 44.9 Å². The van der Waals surface area contributed by atoms with E-state index in [9.17, 15) is 40.2 Å². The molecule has 3 aliphatic rings. The summed E-state index contributed by atoms with van der Waals surface area (Å²) in [5.74, 6) is -3.53. The first-order chi connectivity index (χ1) is 18.0. The maximum Gasteiger partial charge on any atom is 0.335 e. The van der Waals surface area contributed by atoms with Gasteiger partial charge in [0.1, 0.15) is 41.2 Å². The molecule has 2 aliphatic heterocycles. The number of aromatic carboxylic acids is 1. The van der Waals surface area contributed by atoms with Gasteiger partial charge in [0.05, 0.1) is 22.8 Å². The van der Waals surface area contributed by atoms with E-state index in [0.717, 1.165) is 18.6 Å². The Morgan fingerprint density at radius 1 is 1.11 bits per heavy atom. The molecule has 6 N–H and O–H groups in total. The second kappa shape index (κ2) is 9.42. The van der Waals surface area contributed by atoms with Gasteiger partial charge in [-0.3, -0.25) is 4.79 Å². The molecule has 11 nitrogen and oxygen atoms in total. The second-order valence-electron chi connectivity index (χ2n) is 10.3. The van der Waals surface area contributed by atoms with Crippen molar-refractivity contribution in [1.82, 2.24) is 0 Å². The lowest BCUT2D eigenvalue weighted by molar-refractivity contribution is -0.310. The number of carbonyl (C=O) groups is 2. The standard InChI is InChI=1S/C27H30O11/c1-11-17(12(2)28)20(30)18-15(19(11)29)9-13(25(33)34)10-16(18)37-26-22(32)21(31)23-24(38-26)27(35)7-4-3-5-14(27)6-8-36-23/h6,8-10,14,21-24,26,29-32,35H,3-5,7H2,1-2H3,(H,33,34)/t14-,21+,22+,23+,24-,26-,27-/m0/s1. The number of carboxylic acids is 1. The number of hydrogen-bond donors (Lipinski definition) is 6. The number of hydrogen-bond acceptors (Lipinski definition) is 10. The molecule has 5 rings (SSSR count). The molecule has 0 unspecified atom stereocenters. The fourth-order valence-corrected chi connectivity index (χ4v) is 5.99. The lowest BCUT2D eigenvalue weighted by Gasteiger charge is -2.50. The molecule has 1 aliphatic carbocycles. The number of aliphatic hydroxyl groups is 3. The number of ketones is 1. The maximum absolute atomic E-state index is 12.3. The number of aliphatic hydroxyl groups excluding tert-OH is 2. The van der Waals surface area contributed by atoms with E-state index in [1.54, 1.807) is 6.08 Å². The third-order valence-corrected chi connectivity index (χ3v) is 7.97. The number of benzene rings is 2. The number of phenols is 2. The number of carbonyl (C=O) groups excluding carboxylic acids is 1. The van der Waals surface area contributed by atoms with Crippen LogP contribution in [0.15, 0.2) is 24.5 Å². The lowest BCUT2D eigenvalue weighted by Crippen LogP contribution is -2.67. The average Bonchev–Trinajstić information content (AvgIpc) is 3.01. The quantitative estimate of drug-likeness (QED) is 0.251. The normalized spacial score (nSPS) is 32.6. The van der Waals surface area contributed by atoms with E-state index < -0.39 is 59.6 Å². The van der Waals surface area contributed by atoms with E-state index in [1.165, 1.54) is 20.1 Å². The Morgan fingerprint density at radius 3 is 2.53 bits per heavy atom. The fraction of sp³-hybridized carbons (Fsp3) is 0.481. The van der Waals surface area contributed by atoms with E-state index in [2.05, 4.69) is 0 Å². The minimum absolute atomic E-state index is 0.0527. The predicted octanol–water partition coefficient (Wildman–Crippen LogP) is 2.12. The van der Waals surface area contributed by atoms with Crippen molar-refractivity contribution in [2.24, 2.45) is 5.92 Å². The Balaban J connectivity index is 1.62. The molecule has 2 heterocycles. The van der Waals surface area contributed by atoms with E-state index in [4.69, 9.17) is 14.2 Å². The Hall–Kier alpha value is -3.38. The van der Waals surface area contributed by atoms with E-state index in [1.807, 2.05) is 0 Å². The van der Waals surface area contributed by atoms with Crippen molar-refractivity contribution in [3.05, 3.63) is 41.2 Å². The number of fused-ring (bicyclic) bond motifs is 4. The lowest BCUT2D eigenvalue weighted by atomic mass is 9.70. The van der Waals surface area contributed by atoms with Crippen LogP contribution in [-0.4, -0.2) is 78.7 Å². The summed E-state index contributed by atoms with van der Waals surface area (Å²) in [6.45, 7) is 2.61. The van der Waals surface area contributed by atoms with Crippen LogP contribution >= 0.6 is 0 Å². The maximum atomic E-state index is 12.3. The van der Waals surface area contributed by atoms with Crippen LogP contribution in [0.4, 0.5) is 0 Å². The van der Waals surface area contributed by atoms with Gasteiger partial charge in [0.15, 0.2) is 11.9 Å². The molecule has 0 radical (unpaired) electrons. The summed E-state index contributed by atoms with van der Waals surface area (Å²) in [5.41, 5.74) is -1.87. The summed E-state index contributed by atoms with van der Waals surface area (Å²) in [6, 6.07) is 2.18. The SMILES string of the molecule is CC(=O)c1c(C)c(O)c2cc(C(=O)O)cc(O[C@H]3O[C@H]4[C@H](OC=C[C@@H]5CCCC[C@]54O)[C@H](O)[C@H]3O)c2c1O. The molecular formula is C27H30O11. The van der Waals surface area contributed by atoms with Gasteiger partial charge >= 0.3 is 5.97 Å². The largest absolute Gasteiger partial charge is 0.507 e. The van der Waals surface area contributed by atoms with E-state index >= 15 is 0 Å². The molecule has 7 atom stereocenters. The third-order valence-electron chi connectivity index (χ3n) is 7.97. The van der Waals surface area contributed by atoms with Crippen molar-refractivity contribution in [2.45, 2.75) is 75.8 Å². The fourth-order valence-electron chi connectivity index (χ4n) is 5.99. The highest BCUT2D eigenvalue weighted by Crippen LogP contribution is 2.47. The summed E-state index contributed by atoms with van der Waals surface area (Å²) in [5, 5.41) is 64.7. The number of ether oxygens (including phenoxy) is 3. The summed E-state index contributed by atoms with van der Waals surface area (Å²) in [7, 11) is 0.